The van der Waals surface area contributed by atoms with Crippen molar-refractivity contribution < 1.29 is 0 Å². The molecule has 3 heteroatoms. The van der Waals surface area contributed by atoms with Gasteiger partial charge in [0.15, 0.2) is 0 Å². The van der Waals surface area contributed by atoms with Gasteiger partial charge in [-0.25, -0.2) is 0 Å². The summed E-state index contributed by atoms with van der Waals surface area (Å²) in [5.74, 6) is 1.21. The summed E-state index contributed by atoms with van der Waals surface area (Å²) in [5, 5.41) is 3.54. The molecule has 0 atom stereocenters. The van der Waals surface area contributed by atoms with E-state index in [-0.39, 0.29) is 0 Å². The standard InChI is InChI=1S/C15H24N2S/c1-17(2)10-3-11-18-15-8-4-13(5-9-15)12-16-14-6-7-14/h4-5,8-9,14,16H,3,6-7,10-12H2,1-2H3. The van der Waals surface area contributed by atoms with Crippen molar-refractivity contribution >= 4 is 11.8 Å². The topological polar surface area (TPSA) is 15.3 Å². The van der Waals surface area contributed by atoms with Gasteiger partial charge < -0.3 is 10.2 Å². The maximum atomic E-state index is 3.54. The monoisotopic (exact) mass is 264 g/mol. The molecule has 0 bridgehead atoms. The van der Waals surface area contributed by atoms with Crippen molar-refractivity contribution in [1.82, 2.24) is 10.2 Å². The summed E-state index contributed by atoms with van der Waals surface area (Å²) in [7, 11) is 4.26. The van der Waals surface area contributed by atoms with E-state index in [1.54, 1.807) is 0 Å². The second-order valence-corrected chi connectivity index (χ2v) is 6.47. The normalized spacial score (nSPS) is 15.3. The molecule has 0 saturated heterocycles. The van der Waals surface area contributed by atoms with Crippen LogP contribution in [0.25, 0.3) is 0 Å². The van der Waals surface area contributed by atoms with Crippen molar-refractivity contribution in [3.63, 3.8) is 0 Å². The van der Waals surface area contributed by atoms with E-state index < -0.39 is 0 Å². The number of nitrogens with zero attached hydrogens (tertiary/aromatic N) is 1. The van der Waals surface area contributed by atoms with Gasteiger partial charge >= 0.3 is 0 Å². The molecule has 0 unspecified atom stereocenters. The average molecular weight is 264 g/mol. The van der Waals surface area contributed by atoms with E-state index in [0.717, 1.165) is 12.6 Å². The highest BCUT2D eigenvalue weighted by atomic mass is 32.2. The zero-order chi connectivity index (χ0) is 12.8. The van der Waals surface area contributed by atoms with Crippen LogP contribution in [0.4, 0.5) is 0 Å². The predicted molar refractivity (Wildman–Crippen MR) is 80.2 cm³/mol. The van der Waals surface area contributed by atoms with Gasteiger partial charge in [0.1, 0.15) is 0 Å². The second-order valence-electron chi connectivity index (χ2n) is 5.30. The van der Waals surface area contributed by atoms with E-state index in [1.807, 2.05) is 11.8 Å². The first-order chi connectivity index (χ1) is 8.74. The maximum Gasteiger partial charge on any atom is 0.0208 e. The molecule has 1 aromatic carbocycles. The lowest BCUT2D eigenvalue weighted by atomic mass is 10.2. The summed E-state index contributed by atoms with van der Waals surface area (Å²) in [6, 6.07) is 9.81. The molecule has 0 aromatic heterocycles. The third kappa shape index (κ3) is 5.42. The van der Waals surface area contributed by atoms with Gasteiger partial charge in [-0.15, -0.1) is 11.8 Å². The van der Waals surface area contributed by atoms with Gasteiger partial charge in [0.05, 0.1) is 0 Å². The fraction of sp³-hybridized carbons (Fsp3) is 0.600. The van der Waals surface area contributed by atoms with Crippen LogP contribution in [0.5, 0.6) is 0 Å². The Labute approximate surface area is 115 Å². The highest BCUT2D eigenvalue weighted by Crippen LogP contribution is 2.21. The minimum absolute atomic E-state index is 0.796. The molecule has 1 aromatic rings. The minimum atomic E-state index is 0.796. The highest BCUT2D eigenvalue weighted by Gasteiger charge is 2.19. The van der Waals surface area contributed by atoms with Crippen LogP contribution in [-0.2, 0) is 6.54 Å². The minimum Gasteiger partial charge on any atom is -0.310 e. The van der Waals surface area contributed by atoms with Gasteiger partial charge in [0.2, 0.25) is 0 Å². The van der Waals surface area contributed by atoms with Crippen molar-refractivity contribution in [2.75, 3.05) is 26.4 Å². The van der Waals surface area contributed by atoms with E-state index in [4.69, 9.17) is 0 Å². The number of nitrogens with one attached hydrogen (secondary N) is 1. The summed E-state index contributed by atoms with van der Waals surface area (Å²) < 4.78 is 0. The smallest absolute Gasteiger partial charge is 0.0208 e. The van der Waals surface area contributed by atoms with Gasteiger partial charge in [0.25, 0.3) is 0 Å². The lowest BCUT2D eigenvalue weighted by Gasteiger charge is -2.09. The van der Waals surface area contributed by atoms with Gasteiger partial charge in [0, 0.05) is 17.5 Å². The molecule has 0 aliphatic heterocycles. The molecule has 2 nitrogen and oxygen atoms in total. The molecule has 18 heavy (non-hydrogen) atoms. The van der Waals surface area contributed by atoms with Crippen molar-refractivity contribution in [2.24, 2.45) is 0 Å². The van der Waals surface area contributed by atoms with Crippen LogP contribution in [0.3, 0.4) is 0 Å². The third-order valence-electron chi connectivity index (χ3n) is 3.11. The zero-order valence-corrected chi connectivity index (χ0v) is 12.3. The molecule has 0 radical (unpaired) electrons. The van der Waals surface area contributed by atoms with Crippen LogP contribution in [0.1, 0.15) is 24.8 Å². The van der Waals surface area contributed by atoms with Crippen molar-refractivity contribution in [1.29, 1.82) is 0 Å². The van der Waals surface area contributed by atoms with Crippen LogP contribution in [-0.4, -0.2) is 37.3 Å². The molecule has 1 fully saturated rings. The Kier molecular flexibility index (Phi) is 5.54. The SMILES string of the molecule is CN(C)CCCSc1ccc(CNC2CC2)cc1. The Bertz CT molecular complexity index is 344. The van der Waals surface area contributed by atoms with Crippen molar-refractivity contribution in [3.8, 4) is 0 Å². The summed E-state index contributed by atoms with van der Waals surface area (Å²) in [6.45, 7) is 2.20. The summed E-state index contributed by atoms with van der Waals surface area (Å²) in [6.07, 6.45) is 3.97. The van der Waals surface area contributed by atoms with Crippen LogP contribution < -0.4 is 5.32 Å². The molecule has 1 N–H and O–H groups in total. The molecular formula is C15H24N2S. The van der Waals surface area contributed by atoms with E-state index >= 15 is 0 Å². The summed E-state index contributed by atoms with van der Waals surface area (Å²) in [5.41, 5.74) is 1.40. The number of benzene rings is 1. The van der Waals surface area contributed by atoms with Crippen LogP contribution in [0.2, 0.25) is 0 Å². The van der Waals surface area contributed by atoms with E-state index in [2.05, 4.69) is 48.6 Å². The van der Waals surface area contributed by atoms with Gasteiger partial charge in [-0.05, 0) is 63.4 Å². The van der Waals surface area contributed by atoms with Crippen LogP contribution >= 0.6 is 11.8 Å². The van der Waals surface area contributed by atoms with Crippen molar-refractivity contribution in [2.45, 2.75) is 36.7 Å². The lowest BCUT2D eigenvalue weighted by Crippen LogP contribution is -2.15. The largest absolute Gasteiger partial charge is 0.310 e. The fourth-order valence-electron chi connectivity index (χ4n) is 1.82. The zero-order valence-electron chi connectivity index (χ0n) is 11.5. The molecular weight excluding hydrogens is 240 g/mol. The van der Waals surface area contributed by atoms with Gasteiger partial charge in [-0.3, -0.25) is 0 Å². The molecule has 0 spiro atoms. The Balaban J connectivity index is 1.66. The number of thioether (sulfide) groups is 1. The van der Waals surface area contributed by atoms with E-state index in [1.165, 1.54) is 42.0 Å². The number of hydrogen-bond acceptors (Lipinski definition) is 3. The fourth-order valence-corrected chi connectivity index (χ4v) is 2.66. The third-order valence-corrected chi connectivity index (χ3v) is 4.21. The highest BCUT2D eigenvalue weighted by molar-refractivity contribution is 7.99. The Morgan fingerprint density at radius 3 is 2.56 bits per heavy atom. The Hall–Kier alpha value is -0.510. The Morgan fingerprint density at radius 2 is 1.94 bits per heavy atom. The molecule has 1 aliphatic carbocycles. The van der Waals surface area contributed by atoms with Crippen molar-refractivity contribution in [3.05, 3.63) is 29.8 Å². The molecule has 0 heterocycles. The molecule has 1 aliphatic rings. The summed E-state index contributed by atoms with van der Waals surface area (Å²) >= 11 is 1.96. The molecule has 2 rings (SSSR count). The second kappa shape index (κ2) is 7.17. The first kappa shape index (κ1) is 13.9. The van der Waals surface area contributed by atoms with Crippen LogP contribution in [0, 0.1) is 0 Å². The average Bonchev–Trinajstić information content (AvgIpc) is 3.17. The molecule has 1 saturated carbocycles. The first-order valence-corrected chi connectivity index (χ1v) is 7.82. The maximum absolute atomic E-state index is 3.54. The first-order valence-electron chi connectivity index (χ1n) is 6.84. The molecule has 100 valence electrons. The van der Waals surface area contributed by atoms with E-state index in [9.17, 15) is 0 Å². The molecule has 0 amide bonds. The predicted octanol–water partition coefficient (Wildman–Crippen LogP) is 2.98. The van der Waals surface area contributed by atoms with Gasteiger partial charge in [-0.1, -0.05) is 12.1 Å². The summed E-state index contributed by atoms with van der Waals surface area (Å²) in [4.78, 5) is 3.64. The quantitative estimate of drug-likeness (QED) is 0.574. The van der Waals surface area contributed by atoms with Crippen LogP contribution in [0.15, 0.2) is 29.2 Å². The Morgan fingerprint density at radius 1 is 1.22 bits per heavy atom. The number of hydrogen-bond donors (Lipinski definition) is 1. The van der Waals surface area contributed by atoms with Gasteiger partial charge in [-0.2, -0.15) is 0 Å². The number of rotatable bonds is 8. The lowest BCUT2D eigenvalue weighted by molar-refractivity contribution is 0.410. The van der Waals surface area contributed by atoms with E-state index in [0.29, 0.717) is 0 Å².